The van der Waals surface area contributed by atoms with Crippen molar-refractivity contribution >= 4 is 33.4 Å². The molecule has 0 saturated carbocycles. The second kappa shape index (κ2) is 4.83. The SMILES string of the molecule is O=C(NC1CC2CCC1O2)c1ccc(Cl)cc1Br. The summed E-state index contributed by atoms with van der Waals surface area (Å²) in [6.07, 6.45) is 3.65. The summed E-state index contributed by atoms with van der Waals surface area (Å²) in [6, 6.07) is 5.33. The monoisotopic (exact) mass is 329 g/mol. The normalized spacial score (nSPS) is 29.6. The van der Waals surface area contributed by atoms with E-state index in [0.717, 1.165) is 23.7 Å². The summed E-state index contributed by atoms with van der Waals surface area (Å²) < 4.78 is 6.44. The average molecular weight is 331 g/mol. The van der Waals surface area contributed by atoms with Crippen molar-refractivity contribution in [2.24, 2.45) is 0 Å². The van der Waals surface area contributed by atoms with Crippen LogP contribution >= 0.6 is 27.5 Å². The van der Waals surface area contributed by atoms with Gasteiger partial charge >= 0.3 is 0 Å². The fraction of sp³-hybridized carbons (Fsp3) is 0.462. The average Bonchev–Trinajstić information content (AvgIpc) is 2.90. The van der Waals surface area contributed by atoms with Crippen LogP contribution < -0.4 is 5.32 Å². The molecule has 2 aliphatic heterocycles. The Kier molecular flexibility index (Phi) is 3.34. The van der Waals surface area contributed by atoms with E-state index < -0.39 is 0 Å². The summed E-state index contributed by atoms with van der Waals surface area (Å²) >= 11 is 9.22. The van der Waals surface area contributed by atoms with Gasteiger partial charge in [-0.25, -0.2) is 0 Å². The van der Waals surface area contributed by atoms with Crippen LogP contribution in [0.4, 0.5) is 0 Å². The molecule has 1 N–H and O–H groups in total. The van der Waals surface area contributed by atoms with Crippen LogP contribution in [-0.2, 0) is 4.74 Å². The van der Waals surface area contributed by atoms with E-state index in [1.165, 1.54) is 0 Å². The lowest BCUT2D eigenvalue weighted by molar-refractivity contribution is 0.0840. The van der Waals surface area contributed by atoms with Crippen LogP contribution in [0.15, 0.2) is 22.7 Å². The third kappa shape index (κ3) is 2.29. The number of hydrogen-bond donors (Lipinski definition) is 1. The first-order valence-electron chi connectivity index (χ1n) is 6.05. The molecule has 0 spiro atoms. The minimum absolute atomic E-state index is 0.0697. The highest BCUT2D eigenvalue weighted by Crippen LogP contribution is 2.34. The third-order valence-corrected chi connectivity index (χ3v) is 4.49. The van der Waals surface area contributed by atoms with E-state index in [9.17, 15) is 4.79 Å². The molecule has 1 aromatic carbocycles. The van der Waals surface area contributed by atoms with Crippen molar-refractivity contribution in [3.05, 3.63) is 33.3 Å². The summed E-state index contributed by atoms with van der Waals surface area (Å²) in [7, 11) is 0. The molecular weight excluding hydrogens is 318 g/mol. The number of carbonyl (C=O) groups is 1. The number of nitrogens with one attached hydrogen (secondary N) is 1. The lowest BCUT2D eigenvalue weighted by Crippen LogP contribution is -2.41. The maximum Gasteiger partial charge on any atom is 0.252 e. The predicted molar refractivity (Wildman–Crippen MR) is 72.9 cm³/mol. The zero-order valence-corrected chi connectivity index (χ0v) is 12.0. The molecule has 18 heavy (non-hydrogen) atoms. The number of fused-ring (bicyclic) bond motifs is 2. The summed E-state index contributed by atoms with van der Waals surface area (Å²) in [6.45, 7) is 0. The smallest absolute Gasteiger partial charge is 0.252 e. The highest BCUT2D eigenvalue weighted by molar-refractivity contribution is 9.10. The maximum absolute atomic E-state index is 12.2. The largest absolute Gasteiger partial charge is 0.373 e. The Labute approximate surface area is 119 Å². The Balaban J connectivity index is 1.71. The molecule has 0 radical (unpaired) electrons. The molecule has 1 aromatic rings. The highest BCUT2D eigenvalue weighted by Gasteiger charge is 2.41. The number of halogens is 2. The van der Waals surface area contributed by atoms with E-state index in [0.29, 0.717) is 16.7 Å². The van der Waals surface area contributed by atoms with Crippen LogP contribution in [0.25, 0.3) is 0 Å². The maximum atomic E-state index is 12.2. The van der Waals surface area contributed by atoms with Crippen molar-refractivity contribution in [2.75, 3.05) is 0 Å². The Morgan fingerprint density at radius 3 is 2.89 bits per heavy atom. The third-order valence-electron chi connectivity index (χ3n) is 3.60. The van der Waals surface area contributed by atoms with Crippen LogP contribution in [0, 0.1) is 0 Å². The van der Waals surface area contributed by atoms with Gasteiger partial charge in [0.25, 0.3) is 5.91 Å². The van der Waals surface area contributed by atoms with Gasteiger partial charge in [0.1, 0.15) is 0 Å². The van der Waals surface area contributed by atoms with Gasteiger partial charge in [-0.05, 0) is 53.4 Å². The van der Waals surface area contributed by atoms with Gasteiger partial charge in [0.05, 0.1) is 23.8 Å². The molecule has 2 bridgehead atoms. The number of rotatable bonds is 2. The fourth-order valence-electron chi connectivity index (χ4n) is 2.71. The summed E-state index contributed by atoms with van der Waals surface area (Å²) in [5.41, 5.74) is 0.613. The quantitative estimate of drug-likeness (QED) is 0.904. The Morgan fingerprint density at radius 1 is 1.44 bits per heavy atom. The molecule has 3 rings (SSSR count). The van der Waals surface area contributed by atoms with Crippen molar-refractivity contribution in [1.82, 2.24) is 5.32 Å². The van der Waals surface area contributed by atoms with Crippen molar-refractivity contribution in [2.45, 2.75) is 37.5 Å². The number of benzene rings is 1. The van der Waals surface area contributed by atoms with Gasteiger partial charge in [-0.3, -0.25) is 4.79 Å². The molecule has 0 aliphatic carbocycles. The van der Waals surface area contributed by atoms with E-state index in [-0.39, 0.29) is 18.1 Å². The molecule has 2 heterocycles. The first-order chi connectivity index (χ1) is 8.63. The summed E-state index contributed by atoms with van der Waals surface area (Å²) in [4.78, 5) is 12.2. The minimum atomic E-state index is -0.0697. The van der Waals surface area contributed by atoms with E-state index in [1.807, 2.05) is 0 Å². The van der Waals surface area contributed by atoms with Gasteiger partial charge in [-0.15, -0.1) is 0 Å². The zero-order valence-electron chi connectivity index (χ0n) is 9.66. The summed E-state index contributed by atoms with van der Waals surface area (Å²) in [5, 5.41) is 3.66. The lowest BCUT2D eigenvalue weighted by Gasteiger charge is -2.20. The molecule has 2 saturated heterocycles. The molecule has 3 nitrogen and oxygen atoms in total. The molecule has 2 fully saturated rings. The van der Waals surface area contributed by atoms with E-state index in [2.05, 4.69) is 21.2 Å². The fourth-order valence-corrected chi connectivity index (χ4v) is 3.57. The lowest BCUT2D eigenvalue weighted by atomic mass is 9.95. The standard InChI is InChI=1S/C13H13BrClNO2/c14-10-5-7(15)1-3-9(10)13(17)16-11-6-8-2-4-12(11)18-8/h1,3,5,8,11-12H,2,4,6H2,(H,16,17). The predicted octanol–water partition coefficient (Wildman–Crippen LogP) is 3.15. The second-order valence-electron chi connectivity index (χ2n) is 4.81. The molecule has 5 heteroatoms. The van der Waals surface area contributed by atoms with Crippen molar-refractivity contribution < 1.29 is 9.53 Å². The van der Waals surface area contributed by atoms with Gasteiger partial charge in [-0.1, -0.05) is 11.6 Å². The van der Waals surface area contributed by atoms with Crippen LogP contribution in [0.3, 0.4) is 0 Å². The van der Waals surface area contributed by atoms with Crippen LogP contribution in [0.2, 0.25) is 5.02 Å². The van der Waals surface area contributed by atoms with Gasteiger partial charge in [0.15, 0.2) is 0 Å². The molecule has 0 aromatic heterocycles. The molecule has 3 unspecified atom stereocenters. The molecule has 1 amide bonds. The minimum Gasteiger partial charge on any atom is -0.373 e. The molecule has 96 valence electrons. The van der Waals surface area contributed by atoms with Crippen molar-refractivity contribution in [3.8, 4) is 0 Å². The van der Waals surface area contributed by atoms with Gasteiger partial charge in [0.2, 0.25) is 0 Å². The van der Waals surface area contributed by atoms with Gasteiger partial charge < -0.3 is 10.1 Å². The Morgan fingerprint density at radius 2 is 2.28 bits per heavy atom. The number of ether oxygens (including phenoxy) is 1. The number of carbonyl (C=O) groups excluding carboxylic acids is 1. The number of hydrogen-bond acceptors (Lipinski definition) is 2. The van der Waals surface area contributed by atoms with Gasteiger partial charge in [0, 0.05) is 9.50 Å². The van der Waals surface area contributed by atoms with Gasteiger partial charge in [-0.2, -0.15) is 0 Å². The topological polar surface area (TPSA) is 38.3 Å². The Bertz CT molecular complexity index is 494. The second-order valence-corrected chi connectivity index (χ2v) is 6.10. The zero-order chi connectivity index (χ0) is 12.7. The van der Waals surface area contributed by atoms with E-state index in [4.69, 9.17) is 16.3 Å². The highest BCUT2D eigenvalue weighted by atomic mass is 79.9. The van der Waals surface area contributed by atoms with E-state index >= 15 is 0 Å². The Hall–Kier alpha value is -0.580. The van der Waals surface area contributed by atoms with E-state index in [1.54, 1.807) is 18.2 Å². The van der Waals surface area contributed by atoms with Crippen LogP contribution in [-0.4, -0.2) is 24.2 Å². The number of amides is 1. The van der Waals surface area contributed by atoms with Crippen molar-refractivity contribution in [1.29, 1.82) is 0 Å². The first kappa shape index (κ1) is 12.5. The van der Waals surface area contributed by atoms with Crippen LogP contribution in [0.5, 0.6) is 0 Å². The molecular formula is C13H13BrClNO2. The summed E-state index contributed by atoms with van der Waals surface area (Å²) in [5.74, 6) is -0.0697. The first-order valence-corrected chi connectivity index (χ1v) is 7.22. The molecule has 2 aliphatic rings. The van der Waals surface area contributed by atoms with Crippen LogP contribution in [0.1, 0.15) is 29.6 Å². The van der Waals surface area contributed by atoms with Crippen molar-refractivity contribution in [3.63, 3.8) is 0 Å². The molecule has 3 atom stereocenters.